The number of aromatic hydroxyl groups is 1. The molecule has 0 aliphatic carbocycles. The molecule has 1 aliphatic rings. The van der Waals surface area contributed by atoms with Gasteiger partial charge in [-0.05, 0) is 18.3 Å². The smallest absolute Gasteiger partial charge is 0.328 e. The molecule has 4 N–H and O–H groups in total. The van der Waals surface area contributed by atoms with Gasteiger partial charge in [-0.25, -0.2) is 14.5 Å². The molecule has 3 rings (SSSR count). The fraction of sp³-hybridized carbons (Fsp3) is 0.133. The minimum atomic E-state index is -1.52. The van der Waals surface area contributed by atoms with Gasteiger partial charge in [-0.3, -0.25) is 9.59 Å². The standard InChI is InChI=1S/C15H11N3O6S2/c19-9(20)5-8(14(23)24)17-18-13(22)11(26-15(18)25)10-6-3-1-2-4-7(6)16-12(10)21/h1-4,8,17,22H,5H2,(H,19,20)(H,23,24). The number of para-hydroxylation sites is 1. The number of aliphatic carboxylic acids is 2. The van der Waals surface area contributed by atoms with Crippen LogP contribution in [0.25, 0.3) is 5.57 Å². The van der Waals surface area contributed by atoms with Crippen molar-refractivity contribution in [1.82, 2.24) is 4.68 Å². The number of carboxylic acids is 2. The molecule has 11 heteroatoms. The summed E-state index contributed by atoms with van der Waals surface area (Å²) < 4.78 is 0.914. The van der Waals surface area contributed by atoms with Crippen LogP contribution in [0.4, 0.5) is 0 Å². The average molecular weight is 393 g/mol. The summed E-state index contributed by atoms with van der Waals surface area (Å²) >= 11 is 6.00. The van der Waals surface area contributed by atoms with E-state index in [0.29, 0.717) is 10.6 Å². The summed E-state index contributed by atoms with van der Waals surface area (Å²) in [7, 11) is 0. The van der Waals surface area contributed by atoms with Crippen molar-refractivity contribution in [3.05, 3.63) is 43.7 Å². The Morgan fingerprint density at radius 3 is 2.65 bits per heavy atom. The third-order valence-corrected chi connectivity index (χ3v) is 4.97. The first-order chi connectivity index (χ1) is 12.3. The number of nitrogens with one attached hydrogen (secondary N) is 1. The summed E-state index contributed by atoms with van der Waals surface area (Å²) in [6, 6.07) is 5.24. The second kappa shape index (κ2) is 6.69. The van der Waals surface area contributed by atoms with E-state index in [0.717, 1.165) is 16.0 Å². The summed E-state index contributed by atoms with van der Waals surface area (Å²) in [6.45, 7) is 0. The van der Waals surface area contributed by atoms with E-state index in [2.05, 4.69) is 10.4 Å². The molecule has 2 heterocycles. The number of hydrogen-bond acceptors (Lipinski definition) is 7. The Balaban J connectivity index is 2.10. The van der Waals surface area contributed by atoms with Crippen LogP contribution in [-0.4, -0.2) is 43.9 Å². The molecule has 134 valence electrons. The van der Waals surface area contributed by atoms with Crippen molar-refractivity contribution >= 4 is 47.0 Å². The molecular weight excluding hydrogens is 382 g/mol. The molecule has 26 heavy (non-hydrogen) atoms. The SMILES string of the molecule is O=C(O)CC(Nn1c(O)c(C2=c3ccccc3=NC2=O)sc1=S)C(=O)O. The Hall–Kier alpha value is -3.05. The van der Waals surface area contributed by atoms with Gasteiger partial charge in [0.1, 0.15) is 4.88 Å². The van der Waals surface area contributed by atoms with Crippen LogP contribution >= 0.6 is 23.6 Å². The third kappa shape index (κ3) is 3.09. The molecule has 0 spiro atoms. The van der Waals surface area contributed by atoms with Gasteiger partial charge >= 0.3 is 11.9 Å². The number of benzene rings is 1. The molecule has 1 aromatic carbocycles. The maximum Gasteiger partial charge on any atom is 0.328 e. The molecule has 0 fully saturated rings. The predicted octanol–water partition coefficient (Wildman–Crippen LogP) is -0.185. The number of carbonyl (C=O) groups is 3. The van der Waals surface area contributed by atoms with Crippen LogP contribution in [0.3, 0.4) is 0 Å². The van der Waals surface area contributed by atoms with Crippen molar-refractivity contribution in [2.24, 2.45) is 4.99 Å². The maximum absolute atomic E-state index is 12.2. The quantitative estimate of drug-likeness (QED) is 0.495. The number of fused-ring (bicyclic) bond motifs is 1. The molecule has 0 saturated carbocycles. The van der Waals surface area contributed by atoms with Crippen LogP contribution in [-0.2, 0) is 14.4 Å². The first-order valence-corrected chi connectivity index (χ1v) is 8.40. The van der Waals surface area contributed by atoms with Gasteiger partial charge in [0.15, 0.2) is 10.00 Å². The Kier molecular flexibility index (Phi) is 4.57. The molecule has 9 nitrogen and oxygen atoms in total. The molecule has 1 aliphatic heterocycles. The molecule has 0 saturated heterocycles. The van der Waals surface area contributed by atoms with Crippen LogP contribution in [0.2, 0.25) is 0 Å². The lowest BCUT2D eigenvalue weighted by molar-refractivity contribution is -0.144. The number of carboxylic acid groups (broad SMARTS) is 2. The van der Waals surface area contributed by atoms with Gasteiger partial charge in [-0.2, -0.15) is 0 Å². The van der Waals surface area contributed by atoms with Crippen molar-refractivity contribution in [3.8, 4) is 5.88 Å². The normalized spacial score (nSPS) is 13.8. The molecule has 1 unspecified atom stereocenters. The van der Waals surface area contributed by atoms with Gasteiger partial charge in [0, 0.05) is 5.22 Å². The lowest BCUT2D eigenvalue weighted by atomic mass is 10.1. The van der Waals surface area contributed by atoms with E-state index >= 15 is 0 Å². The van der Waals surface area contributed by atoms with Gasteiger partial charge in [-0.1, -0.05) is 29.5 Å². The van der Waals surface area contributed by atoms with Crippen molar-refractivity contribution in [2.75, 3.05) is 5.43 Å². The summed E-state index contributed by atoms with van der Waals surface area (Å²) in [5.74, 6) is -3.79. The van der Waals surface area contributed by atoms with E-state index in [4.69, 9.17) is 22.4 Å². The third-order valence-electron chi connectivity index (χ3n) is 3.58. The number of rotatable bonds is 6. The van der Waals surface area contributed by atoms with Crippen molar-refractivity contribution in [3.63, 3.8) is 0 Å². The highest BCUT2D eigenvalue weighted by Crippen LogP contribution is 2.31. The summed E-state index contributed by atoms with van der Waals surface area (Å²) in [5, 5.41) is 29.4. The van der Waals surface area contributed by atoms with Crippen LogP contribution in [0.15, 0.2) is 29.3 Å². The van der Waals surface area contributed by atoms with E-state index in [1.807, 2.05) is 0 Å². The molecule has 0 bridgehead atoms. The van der Waals surface area contributed by atoms with Crippen LogP contribution in [0.5, 0.6) is 5.88 Å². The number of amides is 1. The maximum atomic E-state index is 12.2. The summed E-state index contributed by atoms with van der Waals surface area (Å²) in [5.41, 5.74) is 2.52. The van der Waals surface area contributed by atoms with Gasteiger partial charge in [0.05, 0.1) is 17.4 Å². The second-order valence-corrected chi connectivity index (χ2v) is 6.93. The Morgan fingerprint density at radius 1 is 1.31 bits per heavy atom. The first kappa shape index (κ1) is 17.8. The highest BCUT2D eigenvalue weighted by molar-refractivity contribution is 7.73. The van der Waals surface area contributed by atoms with E-state index < -0.39 is 36.2 Å². The zero-order chi connectivity index (χ0) is 19.0. The molecule has 2 aromatic rings. The van der Waals surface area contributed by atoms with Crippen molar-refractivity contribution < 1.29 is 29.7 Å². The molecule has 1 aromatic heterocycles. The number of carbonyl (C=O) groups excluding carboxylic acids is 1. The van der Waals surface area contributed by atoms with Crippen molar-refractivity contribution in [2.45, 2.75) is 12.5 Å². The fourth-order valence-corrected chi connectivity index (χ4v) is 3.72. The molecule has 1 atom stereocenters. The number of nitrogens with zero attached hydrogens (tertiary/aromatic N) is 2. The van der Waals surface area contributed by atoms with Gasteiger partial charge < -0.3 is 20.7 Å². The van der Waals surface area contributed by atoms with E-state index in [-0.39, 0.29) is 14.4 Å². The second-order valence-electron chi connectivity index (χ2n) is 5.28. The van der Waals surface area contributed by atoms with E-state index in [1.165, 1.54) is 0 Å². The van der Waals surface area contributed by atoms with E-state index in [9.17, 15) is 19.5 Å². The van der Waals surface area contributed by atoms with Crippen LogP contribution in [0, 0.1) is 3.95 Å². The lowest BCUT2D eigenvalue weighted by Gasteiger charge is -2.15. The minimum Gasteiger partial charge on any atom is -0.492 e. The van der Waals surface area contributed by atoms with Gasteiger partial charge in [0.2, 0.25) is 5.88 Å². The zero-order valence-corrected chi connectivity index (χ0v) is 14.5. The lowest BCUT2D eigenvalue weighted by Crippen LogP contribution is -2.36. The fourth-order valence-electron chi connectivity index (χ4n) is 2.44. The molecule has 1 amide bonds. The zero-order valence-electron chi connectivity index (χ0n) is 12.9. The average Bonchev–Trinajstić information content (AvgIpc) is 3.03. The Bertz CT molecular complexity index is 1120. The Labute approximate surface area is 154 Å². The summed E-state index contributed by atoms with van der Waals surface area (Å²) in [6.07, 6.45) is -0.727. The number of aromatic nitrogens is 1. The topological polar surface area (TPSA) is 141 Å². The van der Waals surface area contributed by atoms with Crippen LogP contribution < -0.4 is 16.0 Å². The molecular formula is C15H11N3O6S2. The van der Waals surface area contributed by atoms with E-state index in [1.54, 1.807) is 24.3 Å². The predicted molar refractivity (Wildman–Crippen MR) is 92.6 cm³/mol. The highest BCUT2D eigenvalue weighted by atomic mass is 32.1. The summed E-state index contributed by atoms with van der Waals surface area (Å²) in [4.78, 5) is 38.3. The Morgan fingerprint density at radius 2 is 2.00 bits per heavy atom. The van der Waals surface area contributed by atoms with Crippen LogP contribution in [0.1, 0.15) is 11.3 Å². The highest BCUT2D eigenvalue weighted by Gasteiger charge is 2.28. The van der Waals surface area contributed by atoms with Gasteiger partial charge in [0.25, 0.3) is 5.91 Å². The minimum absolute atomic E-state index is 0.0267. The first-order valence-electron chi connectivity index (χ1n) is 7.18. The number of hydrogen-bond donors (Lipinski definition) is 4. The largest absolute Gasteiger partial charge is 0.492 e. The number of thiazole rings is 1. The monoisotopic (exact) mass is 393 g/mol. The van der Waals surface area contributed by atoms with Crippen molar-refractivity contribution in [1.29, 1.82) is 0 Å². The van der Waals surface area contributed by atoms with Gasteiger partial charge in [-0.15, -0.1) is 0 Å². The molecule has 0 radical (unpaired) electrons.